The Bertz CT molecular complexity index is 1180. The van der Waals surface area contributed by atoms with Crippen LogP contribution >= 0.6 is 0 Å². The number of nitrogens with two attached hydrogens (primary N) is 1. The first kappa shape index (κ1) is 19.7. The van der Waals surface area contributed by atoms with Crippen molar-refractivity contribution in [2.75, 3.05) is 5.73 Å². The molecule has 0 atom stereocenters. The second-order valence-corrected chi connectivity index (χ2v) is 5.68. The van der Waals surface area contributed by atoms with E-state index in [9.17, 15) is 37.3 Å². The zero-order chi connectivity index (χ0) is 21.5. The predicted octanol–water partition coefficient (Wildman–Crippen LogP) is 4.47. The maximum absolute atomic E-state index is 14.2. The summed E-state index contributed by atoms with van der Waals surface area (Å²) in [5, 5.41) is 20.0. The van der Waals surface area contributed by atoms with Crippen LogP contribution in [0.5, 0.6) is 0 Å². The number of nitro groups is 1. The number of nitriles is 1. The molecule has 0 aliphatic rings. The van der Waals surface area contributed by atoms with Crippen LogP contribution in [-0.2, 0) is 0 Å². The minimum Gasteiger partial charge on any atom is -0.383 e. The highest BCUT2D eigenvalue weighted by atomic mass is 19.2. The van der Waals surface area contributed by atoms with Gasteiger partial charge < -0.3 is 5.73 Å². The Morgan fingerprint density at radius 2 is 1.48 bits per heavy atom. The van der Waals surface area contributed by atoms with Gasteiger partial charge in [-0.1, -0.05) is 0 Å². The fourth-order valence-electron chi connectivity index (χ4n) is 2.62. The predicted molar refractivity (Wildman–Crippen MR) is 90.7 cm³/mol. The minimum atomic E-state index is -2.35. The number of anilines is 1. The third-order valence-electron chi connectivity index (χ3n) is 4.01. The molecule has 0 saturated heterocycles. The second-order valence-electron chi connectivity index (χ2n) is 5.68. The van der Waals surface area contributed by atoms with Gasteiger partial charge in [-0.2, -0.15) is 5.26 Å². The van der Waals surface area contributed by atoms with Crippen LogP contribution in [0.25, 0.3) is 22.4 Å². The summed E-state index contributed by atoms with van der Waals surface area (Å²) < 4.78 is 69.1. The molecule has 11 heteroatoms. The first-order valence-electron chi connectivity index (χ1n) is 7.64. The summed E-state index contributed by atoms with van der Waals surface area (Å²) in [4.78, 5) is 14.0. The van der Waals surface area contributed by atoms with Gasteiger partial charge in [-0.25, -0.2) is 26.9 Å². The number of nitro benzene ring substituents is 1. The first-order chi connectivity index (χ1) is 13.7. The number of pyridine rings is 1. The molecular formula is C18H7F5N4O2. The zero-order valence-electron chi connectivity index (χ0n) is 14.0. The highest BCUT2D eigenvalue weighted by Crippen LogP contribution is 2.37. The molecule has 3 aromatic rings. The number of hydrogen-bond acceptors (Lipinski definition) is 5. The standard InChI is InChI=1S/C18H7F5N4O2/c19-13-12(14(20)16(22)17(23)15(13)21)9-5-11(26-18(25)10(9)6-24)7-1-3-8(4-2-7)27(28)29/h1-5H,(H2,25,26). The maximum Gasteiger partial charge on any atom is 0.269 e. The Morgan fingerprint density at radius 3 is 1.97 bits per heavy atom. The Kier molecular flexibility index (Phi) is 4.86. The lowest BCUT2D eigenvalue weighted by Crippen LogP contribution is -2.07. The van der Waals surface area contributed by atoms with Gasteiger partial charge in [0.2, 0.25) is 5.82 Å². The van der Waals surface area contributed by atoms with Crippen molar-refractivity contribution in [2.24, 2.45) is 0 Å². The van der Waals surface area contributed by atoms with Crippen molar-refractivity contribution in [3.05, 3.63) is 75.1 Å². The van der Waals surface area contributed by atoms with Crippen molar-refractivity contribution in [2.45, 2.75) is 0 Å². The van der Waals surface area contributed by atoms with E-state index in [2.05, 4.69) is 4.98 Å². The van der Waals surface area contributed by atoms with Crippen LogP contribution in [0.4, 0.5) is 33.5 Å². The monoisotopic (exact) mass is 406 g/mol. The lowest BCUT2D eigenvalue weighted by Gasteiger charge is -2.13. The molecular weight excluding hydrogens is 399 g/mol. The normalized spacial score (nSPS) is 10.6. The van der Waals surface area contributed by atoms with Gasteiger partial charge in [0.15, 0.2) is 23.3 Å². The Hall–Kier alpha value is -4.07. The number of halogens is 5. The number of benzene rings is 2. The van der Waals surface area contributed by atoms with Crippen LogP contribution in [-0.4, -0.2) is 9.91 Å². The largest absolute Gasteiger partial charge is 0.383 e. The number of nitrogen functional groups attached to an aromatic ring is 1. The van der Waals surface area contributed by atoms with Crippen LogP contribution in [0.15, 0.2) is 30.3 Å². The van der Waals surface area contributed by atoms with E-state index in [4.69, 9.17) is 5.73 Å². The molecule has 2 N–H and O–H groups in total. The molecule has 0 radical (unpaired) electrons. The average Bonchev–Trinajstić information content (AvgIpc) is 2.70. The topological polar surface area (TPSA) is 106 Å². The highest BCUT2D eigenvalue weighted by Gasteiger charge is 2.29. The van der Waals surface area contributed by atoms with Gasteiger partial charge >= 0.3 is 0 Å². The van der Waals surface area contributed by atoms with Crippen molar-refractivity contribution in [1.82, 2.24) is 4.98 Å². The molecule has 146 valence electrons. The molecule has 2 aromatic carbocycles. The molecule has 6 nitrogen and oxygen atoms in total. The highest BCUT2D eigenvalue weighted by molar-refractivity contribution is 5.81. The number of aromatic nitrogens is 1. The SMILES string of the molecule is N#Cc1c(-c2c(F)c(F)c(F)c(F)c2F)cc(-c2ccc([N+](=O)[O-])cc2)nc1N. The lowest BCUT2D eigenvalue weighted by atomic mass is 9.97. The summed E-state index contributed by atoms with van der Waals surface area (Å²) in [6, 6.07) is 7.15. The van der Waals surface area contributed by atoms with E-state index in [0.717, 1.165) is 18.2 Å². The van der Waals surface area contributed by atoms with Gasteiger partial charge in [-0.3, -0.25) is 10.1 Å². The molecule has 0 amide bonds. The summed E-state index contributed by atoms with van der Waals surface area (Å²) >= 11 is 0. The summed E-state index contributed by atoms with van der Waals surface area (Å²) in [5.41, 5.74) is 2.88. The van der Waals surface area contributed by atoms with Gasteiger partial charge in [-0.05, 0) is 18.2 Å². The van der Waals surface area contributed by atoms with E-state index in [1.807, 2.05) is 0 Å². The second kappa shape index (κ2) is 7.16. The van der Waals surface area contributed by atoms with Gasteiger partial charge in [0, 0.05) is 23.3 Å². The van der Waals surface area contributed by atoms with Crippen LogP contribution in [0.2, 0.25) is 0 Å². The van der Waals surface area contributed by atoms with E-state index in [-0.39, 0.29) is 16.9 Å². The van der Waals surface area contributed by atoms with E-state index in [1.54, 1.807) is 0 Å². The van der Waals surface area contributed by atoms with Crippen molar-refractivity contribution in [1.29, 1.82) is 5.26 Å². The van der Waals surface area contributed by atoms with Crippen LogP contribution in [0, 0.1) is 50.5 Å². The molecule has 0 bridgehead atoms. The fourth-order valence-corrected chi connectivity index (χ4v) is 2.62. The Labute approximate surface area is 158 Å². The first-order valence-corrected chi connectivity index (χ1v) is 7.64. The van der Waals surface area contributed by atoms with Gasteiger partial charge in [-0.15, -0.1) is 0 Å². The molecule has 0 unspecified atom stereocenters. The molecule has 1 aromatic heterocycles. The van der Waals surface area contributed by atoms with Crippen molar-refractivity contribution >= 4 is 11.5 Å². The summed E-state index contributed by atoms with van der Waals surface area (Å²) in [6.45, 7) is 0. The van der Waals surface area contributed by atoms with E-state index < -0.39 is 56.5 Å². The van der Waals surface area contributed by atoms with Crippen LogP contribution in [0.1, 0.15) is 5.56 Å². The molecule has 0 saturated carbocycles. The quantitative estimate of drug-likeness (QED) is 0.227. The number of hydrogen-bond donors (Lipinski definition) is 1. The molecule has 0 aliphatic heterocycles. The van der Waals surface area contributed by atoms with E-state index in [0.29, 0.717) is 0 Å². The van der Waals surface area contributed by atoms with Gasteiger partial charge in [0.1, 0.15) is 17.5 Å². The van der Waals surface area contributed by atoms with Crippen molar-refractivity contribution in [3.8, 4) is 28.5 Å². The average molecular weight is 406 g/mol. The van der Waals surface area contributed by atoms with Gasteiger partial charge in [0.25, 0.3) is 5.69 Å². The lowest BCUT2D eigenvalue weighted by molar-refractivity contribution is -0.384. The third-order valence-corrected chi connectivity index (χ3v) is 4.01. The number of rotatable bonds is 3. The van der Waals surface area contributed by atoms with Crippen LogP contribution < -0.4 is 5.73 Å². The zero-order valence-corrected chi connectivity index (χ0v) is 14.0. The Morgan fingerprint density at radius 1 is 0.966 bits per heavy atom. The van der Waals surface area contributed by atoms with E-state index in [1.165, 1.54) is 18.2 Å². The van der Waals surface area contributed by atoms with Crippen molar-refractivity contribution in [3.63, 3.8) is 0 Å². The molecule has 0 spiro atoms. The van der Waals surface area contributed by atoms with Crippen molar-refractivity contribution < 1.29 is 26.9 Å². The minimum absolute atomic E-state index is 0.102. The van der Waals surface area contributed by atoms with E-state index >= 15 is 0 Å². The summed E-state index contributed by atoms with van der Waals surface area (Å²) in [7, 11) is 0. The molecule has 3 rings (SSSR count). The molecule has 29 heavy (non-hydrogen) atoms. The summed E-state index contributed by atoms with van der Waals surface area (Å²) in [6.07, 6.45) is 0. The molecule has 0 aliphatic carbocycles. The fraction of sp³-hybridized carbons (Fsp3) is 0. The molecule has 0 fully saturated rings. The smallest absolute Gasteiger partial charge is 0.269 e. The number of non-ortho nitro benzene ring substituents is 1. The molecule has 1 heterocycles. The Balaban J connectivity index is 2.31. The van der Waals surface area contributed by atoms with Crippen LogP contribution in [0.3, 0.4) is 0 Å². The van der Waals surface area contributed by atoms with Gasteiger partial charge in [0.05, 0.1) is 16.2 Å². The third kappa shape index (κ3) is 3.20. The summed E-state index contributed by atoms with van der Waals surface area (Å²) in [5.74, 6) is -11.5. The maximum atomic E-state index is 14.2. The number of nitrogens with zero attached hydrogens (tertiary/aromatic N) is 3.